The van der Waals surface area contributed by atoms with Crippen molar-refractivity contribution in [2.24, 2.45) is 5.92 Å². The van der Waals surface area contributed by atoms with Gasteiger partial charge < -0.3 is 10.6 Å². The van der Waals surface area contributed by atoms with Crippen molar-refractivity contribution in [1.29, 1.82) is 0 Å². The van der Waals surface area contributed by atoms with Crippen LogP contribution in [-0.2, 0) is 10.2 Å². The Morgan fingerprint density at radius 3 is 2.83 bits per heavy atom. The van der Waals surface area contributed by atoms with E-state index in [-0.39, 0.29) is 29.5 Å². The lowest BCUT2D eigenvalue weighted by atomic mass is 9.84. The fraction of sp³-hybridized carbons (Fsp3) is 0.588. The van der Waals surface area contributed by atoms with E-state index in [1.165, 1.54) is 12.1 Å². The third kappa shape index (κ3) is 5.94. The molecule has 23 heavy (non-hydrogen) atoms. The van der Waals surface area contributed by atoms with Gasteiger partial charge in [0.25, 0.3) is 0 Å². The zero-order valence-corrected chi connectivity index (χ0v) is 15.2. The summed E-state index contributed by atoms with van der Waals surface area (Å²) >= 11 is 6.12. The molecule has 1 aliphatic rings. The minimum absolute atomic E-state index is 0. The Kier molecular flexibility index (Phi) is 7.78. The van der Waals surface area contributed by atoms with Crippen LogP contribution in [0.1, 0.15) is 38.7 Å². The van der Waals surface area contributed by atoms with E-state index in [9.17, 15) is 9.18 Å². The van der Waals surface area contributed by atoms with Crippen LogP contribution >= 0.6 is 24.0 Å². The molecule has 0 saturated carbocycles. The normalized spacial score (nSPS) is 17.7. The first-order chi connectivity index (χ1) is 10.4. The highest BCUT2D eigenvalue weighted by Crippen LogP contribution is 2.30. The summed E-state index contributed by atoms with van der Waals surface area (Å²) < 4.78 is 13.1. The summed E-state index contributed by atoms with van der Waals surface area (Å²) in [6.45, 7) is 6.55. The van der Waals surface area contributed by atoms with Crippen molar-refractivity contribution in [3.05, 3.63) is 34.6 Å². The predicted molar refractivity (Wildman–Crippen MR) is 94.9 cm³/mol. The topological polar surface area (TPSA) is 41.1 Å². The number of nitrogens with one attached hydrogen (secondary N) is 2. The molecule has 0 bridgehead atoms. The van der Waals surface area contributed by atoms with Crippen LogP contribution in [0.3, 0.4) is 0 Å². The van der Waals surface area contributed by atoms with Crippen LogP contribution in [-0.4, -0.2) is 25.5 Å². The standard InChI is InChI=1S/C17H24ClFN2O.ClH/c1-17(2,14-5-4-13(19)9-15(14)18)11-21-16(22)6-3-12-7-8-20-10-12;/h4-5,9,12,20H,3,6-8,10-11H2,1-2H3,(H,21,22);1H. The molecule has 2 N–H and O–H groups in total. The number of hydrogen-bond acceptors (Lipinski definition) is 2. The summed E-state index contributed by atoms with van der Waals surface area (Å²) in [7, 11) is 0. The summed E-state index contributed by atoms with van der Waals surface area (Å²) in [6.07, 6.45) is 2.64. The van der Waals surface area contributed by atoms with Crippen molar-refractivity contribution in [2.45, 2.75) is 38.5 Å². The van der Waals surface area contributed by atoms with E-state index in [0.29, 0.717) is 23.9 Å². The summed E-state index contributed by atoms with van der Waals surface area (Å²) in [5.74, 6) is 0.335. The SMILES string of the molecule is CC(C)(CNC(=O)CCC1CCNC1)c1ccc(F)cc1Cl.Cl. The average molecular weight is 363 g/mol. The molecule has 1 fully saturated rings. The fourth-order valence-corrected chi connectivity index (χ4v) is 3.26. The molecule has 1 saturated heterocycles. The predicted octanol–water partition coefficient (Wildman–Crippen LogP) is 3.68. The van der Waals surface area contributed by atoms with Gasteiger partial charge in [-0.15, -0.1) is 12.4 Å². The van der Waals surface area contributed by atoms with Gasteiger partial charge >= 0.3 is 0 Å². The highest BCUT2D eigenvalue weighted by molar-refractivity contribution is 6.31. The lowest BCUT2D eigenvalue weighted by molar-refractivity contribution is -0.121. The van der Waals surface area contributed by atoms with Crippen molar-refractivity contribution >= 4 is 29.9 Å². The maximum atomic E-state index is 13.1. The van der Waals surface area contributed by atoms with E-state index in [1.54, 1.807) is 6.07 Å². The molecule has 0 aromatic heterocycles. The molecule has 0 aliphatic carbocycles. The third-order valence-electron chi connectivity index (χ3n) is 4.33. The Morgan fingerprint density at radius 1 is 1.48 bits per heavy atom. The second kappa shape index (κ2) is 8.86. The van der Waals surface area contributed by atoms with E-state index in [2.05, 4.69) is 10.6 Å². The van der Waals surface area contributed by atoms with E-state index in [0.717, 1.165) is 31.5 Å². The van der Waals surface area contributed by atoms with Crippen molar-refractivity contribution in [1.82, 2.24) is 10.6 Å². The van der Waals surface area contributed by atoms with Crippen LogP contribution < -0.4 is 10.6 Å². The molecule has 3 nitrogen and oxygen atoms in total. The number of rotatable bonds is 6. The first-order valence-corrected chi connectivity index (χ1v) is 8.19. The Hall–Kier alpha value is -0.840. The van der Waals surface area contributed by atoms with Crippen LogP contribution in [0.5, 0.6) is 0 Å². The van der Waals surface area contributed by atoms with Gasteiger partial charge in [0.05, 0.1) is 0 Å². The van der Waals surface area contributed by atoms with Gasteiger partial charge in [-0.2, -0.15) is 0 Å². The van der Waals surface area contributed by atoms with Gasteiger partial charge in [0.1, 0.15) is 5.82 Å². The number of benzene rings is 1. The Bertz CT molecular complexity index is 531. The van der Waals surface area contributed by atoms with Crippen molar-refractivity contribution < 1.29 is 9.18 Å². The Morgan fingerprint density at radius 2 is 2.22 bits per heavy atom. The molecular formula is C17H25Cl2FN2O. The van der Waals surface area contributed by atoms with Crippen molar-refractivity contribution in [3.63, 3.8) is 0 Å². The zero-order valence-electron chi connectivity index (χ0n) is 13.6. The summed E-state index contributed by atoms with van der Waals surface area (Å²) in [5.41, 5.74) is 0.505. The number of carbonyl (C=O) groups excluding carboxylic acids is 1. The van der Waals surface area contributed by atoms with Crippen LogP contribution in [0.2, 0.25) is 5.02 Å². The molecular weight excluding hydrogens is 338 g/mol. The van der Waals surface area contributed by atoms with Gasteiger partial charge in [-0.3, -0.25) is 4.79 Å². The fourth-order valence-electron chi connectivity index (χ4n) is 2.84. The largest absolute Gasteiger partial charge is 0.355 e. The highest BCUT2D eigenvalue weighted by atomic mass is 35.5. The third-order valence-corrected chi connectivity index (χ3v) is 4.64. The van der Waals surface area contributed by atoms with Gasteiger partial charge in [-0.1, -0.05) is 31.5 Å². The molecule has 1 aromatic rings. The molecule has 0 spiro atoms. The lowest BCUT2D eigenvalue weighted by Gasteiger charge is -2.27. The van der Waals surface area contributed by atoms with Gasteiger partial charge in [0.15, 0.2) is 0 Å². The first kappa shape index (κ1) is 20.2. The molecule has 1 aliphatic heterocycles. The Balaban J connectivity index is 0.00000264. The van der Waals surface area contributed by atoms with Crippen LogP contribution in [0.4, 0.5) is 4.39 Å². The highest BCUT2D eigenvalue weighted by Gasteiger charge is 2.24. The monoisotopic (exact) mass is 362 g/mol. The molecule has 130 valence electrons. The summed E-state index contributed by atoms with van der Waals surface area (Å²) in [4.78, 5) is 12.0. The van der Waals surface area contributed by atoms with E-state index in [1.807, 2.05) is 13.8 Å². The molecule has 2 rings (SSSR count). The second-order valence-corrected chi connectivity index (χ2v) is 7.09. The zero-order chi connectivity index (χ0) is 16.2. The maximum absolute atomic E-state index is 13.1. The average Bonchev–Trinajstić information content (AvgIpc) is 2.96. The minimum atomic E-state index is -0.348. The summed E-state index contributed by atoms with van der Waals surface area (Å²) in [5, 5.41) is 6.68. The Labute approximate surface area is 148 Å². The molecule has 1 aromatic carbocycles. The minimum Gasteiger partial charge on any atom is -0.355 e. The van der Waals surface area contributed by atoms with Gasteiger partial charge in [-0.05, 0) is 49.5 Å². The van der Waals surface area contributed by atoms with E-state index in [4.69, 9.17) is 11.6 Å². The maximum Gasteiger partial charge on any atom is 0.220 e. The first-order valence-electron chi connectivity index (χ1n) is 7.81. The molecule has 1 atom stereocenters. The van der Waals surface area contributed by atoms with Gasteiger partial charge in [0, 0.05) is 23.4 Å². The smallest absolute Gasteiger partial charge is 0.220 e. The van der Waals surface area contributed by atoms with Gasteiger partial charge in [0.2, 0.25) is 5.91 Å². The number of amides is 1. The van der Waals surface area contributed by atoms with Gasteiger partial charge in [-0.25, -0.2) is 4.39 Å². The number of hydrogen-bond donors (Lipinski definition) is 2. The second-order valence-electron chi connectivity index (χ2n) is 6.68. The van der Waals surface area contributed by atoms with E-state index >= 15 is 0 Å². The summed E-state index contributed by atoms with van der Waals surface area (Å²) in [6, 6.07) is 4.40. The van der Waals surface area contributed by atoms with Crippen LogP contribution in [0.25, 0.3) is 0 Å². The van der Waals surface area contributed by atoms with E-state index < -0.39 is 0 Å². The quantitative estimate of drug-likeness (QED) is 0.810. The number of halogens is 3. The van der Waals surface area contributed by atoms with Crippen LogP contribution in [0.15, 0.2) is 18.2 Å². The lowest BCUT2D eigenvalue weighted by Crippen LogP contribution is -2.37. The van der Waals surface area contributed by atoms with Crippen molar-refractivity contribution in [2.75, 3.05) is 19.6 Å². The molecule has 1 heterocycles. The molecule has 1 amide bonds. The molecule has 1 unspecified atom stereocenters. The molecule has 0 radical (unpaired) electrons. The van der Waals surface area contributed by atoms with Crippen molar-refractivity contribution in [3.8, 4) is 0 Å². The van der Waals surface area contributed by atoms with Crippen LogP contribution in [0, 0.1) is 11.7 Å². The number of carbonyl (C=O) groups is 1. The molecule has 6 heteroatoms.